The second-order valence-corrected chi connectivity index (χ2v) is 4.29. The van der Waals surface area contributed by atoms with Gasteiger partial charge in [0.25, 0.3) is 0 Å². The van der Waals surface area contributed by atoms with Crippen molar-refractivity contribution in [3.63, 3.8) is 0 Å². The maximum absolute atomic E-state index is 11.7. The van der Waals surface area contributed by atoms with Gasteiger partial charge in [0.05, 0.1) is 6.42 Å². The summed E-state index contributed by atoms with van der Waals surface area (Å²) in [6.07, 6.45) is 5.48. The third-order valence-electron chi connectivity index (χ3n) is 2.79. The Bertz CT molecular complexity index is 463. The van der Waals surface area contributed by atoms with Crippen LogP contribution in [0.1, 0.15) is 12.0 Å². The number of hydrogen-bond acceptors (Lipinski definition) is 1. The standard InChI is InChI=1S/C15H18N2O/c18-15(13-14-7-2-1-3-8-14)16-9-6-12-17-10-4-5-11-17/h1-5,7-8,10-11H,6,9,12-13H2,(H,16,18). The highest BCUT2D eigenvalue weighted by atomic mass is 16.1. The van der Waals surface area contributed by atoms with Gasteiger partial charge >= 0.3 is 0 Å². The predicted octanol–water partition coefficient (Wildman–Crippen LogP) is 2.24. The van der Waals surface area contributed by atoms with Gasteiger partial charge in [-0.05, 0) is 24.1 Å². The maximum atomic E-state index is 11.7. The van der Waals surface area contributed by atoms with E-state index in [1.165, 1.54) is 0 Å². The molecule has 3 heteroatoms. The Labute approximate surface area is 107 Å². The SMILES string of the molecule is O=C(Cc1ccccc1)NCCCn1cccc1. The van der Waals surface area contributed by atoms with Crippen LogP contribution in [0.15, 0.2) is 54.9 Å². The van der Waals surface area contributed by atoms with Gasteiger partial charge in [0.1, 0.15) is 0 Å². The van der Waals surface area contributed by atoms with Gasteiger partial charge < -0.3 is 9.88 Å². The molecule has 0 saturated heterocycles. The number of benzene rings is 1. The average Bonchev–Trinajstić information content (AvgIpc) is 2.89. The van der Waals surface area contributed by atoms with Crippen molar-refractivity contribution in [3.8, 4) is 0 Å². The van der Waals surface area contributed by atoms with Gasteiger partial charge in [-0.25, -0.2) is 0 Å². The summed E-state index contributed by atoms with van der Waals surface area (Å²) in [5.74, 6) is 0.0914. The van der Waals surface area contributed by atoms with Crippen LogP contribution >= 0.6 is 0 Å². The molecule has 0 fully saturated rings. The lowest BCUT2D eigenvalue weighted by Gasteiger charge is -2.06. The first-order chi connectivity index (χ1) is 8.84. The highest BCUT2D eigenvalue weighted by molar-refractivity contribution is 5.78. The number of nitrogens with zero attached hydrogens (tertiary/aromatic N) is 1. The molecule has 1 N–H and O–H groups in total. The number of nitrogens with one attached hydrogen (secondary N) is 1. The van der Waals surface area contributed by atoms with Gasteiger partial charge in [-0.2, -0.15) is 0 Å². The van der Waals surface area contributed by atoms with Gasteiger partial charge in [-0.1, -0.05) is 30.3 Å². The number of carbonyl (C=O) groups excluding carboxylic acids is 1. The number of amides is 1. The molecule has 0 unspecified atom stereocenters. The van der Waals surface area contributed by atoms with Crippen molar-refractivity contribution in [1.29, 1.82) is 0 Å². The van der Waals surface area contributed by atoms with Crippen molar-refractivity contribution in [3.05, 3.63) is 60.4 Å². The van der Waals surface area contributed by atoms with Crippen molar-refractivity contribution < 1.29 is 4.79 Å². The Kier molecular flexibility index (Phi) is 4.59. The Morgan fingerprint density at radius 1 is 1.06 bits per heavy atom. The zero-order valence-electron chi connectivity index (χ0n) is 10.4. The first-order valence-electron chi connectivity index (χ1n) is 6.26. The first-order valence-corrected chi connectivity index (χ1v) is 6.26. The Morgan fingerprint density at radius 2 is 1.78 bits per heavy atom. The molecule has 0 radical (unpaired) electrons. The topological polar surface area (TPSA) is 34.0 Å². The molecular weight excluding hydrogens is 224 g/mol. The smallest absolute Gasteiger partial charge is 0.224 e. The highest BCUT2D eigenvalue weighted by Gasteiger charge is 2.01. The molecule has 1 heterocycles. The minimum Gasteiger partial charge on any atom is -0.356 e. The van der Waals surface area contributed by atoms with E-state index in [0.29, 0.717) is 6.42 Å². The summed E-state index contributed by atoms with van der Waals surface area (Å²) in [5.41, 5.74) is 1.06. The van der Waals surface area contributed by atoms with Gasteiger partial charge in [-0.15, -0.1) is 0 Å². The molecule has 0 aliphatic rings. The molecule has 94 valence electrons. The quantitative estimate of drug-likeness (QED) is 0.774. The average molecular weight is 242 g/mol. The van der Waals surface area contributed by atoms with E-state index in [1.807, 2.05) is 54.9 Å². The molecule has 1 amide bonds. The van der Waals surface area contributed by atoms with Crippen molar-refractivity contribution in [2.45, 2.75) is 19.4 Å². The van der Waals surface area contributed by atoms with Crippen LogP contribution in [0.3, 0.4) is 0 Å². The summed E-state index contributed by atoms with van der Waals surface area (Å²) in [4.78, 5) is 11.7. The summed E-state index contributed by atoms with van der Waals surface area (Å²) >= 11 is 0. The minimum atomic E-state index is 0.0914. The van der Waals surface area contributed by atoms with Crippen LogP contribution in [0, 0.1) is 0 Å². The maximum Gasteiger partial charge on any atom is 0.224 e. The van der Waals surface area contributed by atoms with Gasteiger partial charge in [0.2, 0.25) is 5.91 Å². The number of aryl methyl sites for hydroxylation is 1. The first kappa shape index (κ1) is 12.4. The van der Waals surface area contributed by atoms with Gasteiger partial charge in [-0.3, -0.25) is 4.79 Å². The van der Waals surface area contributed by atoms with Crippen LogP contribution < -0.4 is 5.32 Å². The lowest BCUT2D eigenvalue weighted by atomic mass is 10.1. The normalized spacial score (nSPS) is 10.2. The molecule has 0 atom stereocenters. The van der Waals surface area contributed by atoms with E-state index in [2.05, 4.69) is 9.88 Å². The molecule has 2 aromatic rings. The predicted molar refractivity (Wildman–Crippen MR) is 72.2 cm³/mol. The fourth-order valence-electron chi connectivity index (χ4n) is 1.85. The highest BCUT2D eigenvalue weighted by Crippen LogP contribution is 1.99. The Morgan fingerprint density at radius 3 is 2.50 bits per heavy atom. The third kappa shape index (κ3) is 4.09. The molecule has 0 aliphatic carbocycles. The number of carbonyl (C=O) groups is 1. The van der Waals surface area contributed by atoms with Crippen molar-refractivity contribution in [2.75, 3.05) is 6.54 Å². The lowest BCUT2D eigenvalue weighted by Crippen LogP contribution is -2.26. The second-order valence-electron chi connectivity index (χ2n) is 4.29. The van der Waals surface area contributed by atoms with Crippen molar-refractivity contribution in [1.82, 2.24) is 9.88 Å². The van der Waals surface area contributed by atoms with Crippen molar-refractivity contribution in [2.24, 2.45) is 0 Å². The molecule has 2 rings (SSSR count). The zero-order chi connectivity index (χ0) is 12.6. The molecular formula is C15H18N2O. The minimum absolute atomic E-state index is 0.0914. The van der Waals surface area contributed by atoms with Gasteiger partial charge in [0.15, 0.2) is 0 Å². The summed E-state index contributed by atoms with van der Waals surface area (Å²) in [6.45, 7) is 1.67. The monoisotopic (exact) mass is 242 g/mol. The molecule has 0 aliphatic heterocycles. The van der Waals surface area contributed by atoms with Crippen LogP contribution in [0.4, 0.5) is 0 Å². The van der Waals surface area contributed by atoms with Crippen LogP contribution in [-0.4, -0.2) is 17.0 Å². The third-order valence-corrected chi connectivity index (χ3v) is 2.79. The molecule has 0 bridgehead atoms. The molecule has 18 heavy (non-hydrogen) atoms. The molecule has 0 spiro atoms. The number of rotatable bonds is 6. The van der Waals surface area contributed by atoms with Crippen molar-refractivity contribution >= 4 is 5.91 Å². The van der Waals surface area contributed by atoms with Crippen LogP contribution in [0.5, 0.6) is 0 Å². The summed E-state index contributed by atoms with van der Waals surface area (Å²) < 4.78 is 2.11. The molecule has 0 saturated carbocycles. The van der Waals surface area contributed by atoms with E-state index in [0.717, 1.165) is 25.1 Å². The van der Waals surface area contributed by atoms with Gasteiger partial charge in [0, 0.05) is 25.5 Å². The van der Waals surface area contributed by atoms with E-state index < -0.39 is 0 Å². The van der Waals surface area contributed by atoms with Crippen LogP contribution in [-0.2, 0) is 17.8 Å². The van der Waals surface area contributed by atoms with E-state index in [9.17, 15) is 4.79 Å². The number of aromatic nitrogens is 1. The number of hydrogen-bond donors (Lipinski definition) is 1. The van der Waals surface area contributed by atoms with Crippen LogP contribution in [0.25, 0.3) is 0 Å². The fraction of sp³-hybridized carbons (Fsp3) is 0.267. The zero-order valence-corrected chi connectivity index (χ0v) is 10.4. The second kappa shape index (κ2) is 6.64. The lowest BCUT2D eigenvalue weighted by molar-refractivity contribution is -0.120. The van der Waals surface area contributed by atoms with E-state index >= 15 is 0 Å². The summed E-state index contributed by atoms with van der Waals surface area (Å²) in [7, 11) is 0. The summed E-state index contributed by atoms with van der Waals surface area (Å²) in [5, 5.41) is 2.94. The molecule has 1 aromatic heterocycles. The Hall–Kier alpha value is -2.03. The molecule has 3 nitrogen and oxygen atoms in total. The van der Waals surface area contributed by atoms with E-state index in [4.69, 9.17) is 0 Å². The van der Waals surface area contributed by atoms with Crippen LogP contribution in [0.2, 0.25) is 0 Å². The Balaban J connectivity index is 1.63. The largest absolute Gasteiger partial charge is 0.356 e. The molecule has 1 aromatic carbocycles. The van der Waals surface area contributed by atoms with E-state index in [-0.39, 0.29) is 5.91 Å². The summed E-state index contributed by atoms with van der Waals surface area (Å²) in [6, 6.07) is 13.8. The van der Waals surface area contributed by atoms with E-state index in [1.54, 1.807) is 0 Å². The fourth-order valence-corrected chi connectivity index (χ4v) is 1.85.